The number of halogens is 3. The molecule has 0 fully saturated rings. The van der Waals surface area contributed by atoms with Crippen LogP contribution in [0.4, 0.5) is 18.9 Å². The average molecular weight is 361 g/mol. The Hall–Kier alpha value is -3.29. The molecule has 0 spiro atoms. The van der Waals surface area contributed by atoms with Gasteiger partial charge in [0, 0.05) is 23.5 Å². The highest BCUT2D eigenvalue weighted by atomic mass is 19.3. The van der Waals surface area contributed by atoms with Gasteiger partial charge in [0.1, 0.15) is 0 Å². The number of benzene rings is 2. The summed E-state index contributed by atoms with van der Waals surface area (Å²) in [7, 11) is 0. The molecule has 1 amide bonds. The van der Waals surface area contributed by atoms with Crippen molar-refractivity contribution in [1.82, 2.24) is 9.78 Å². The molecule has 0 aliphatic heterocycles. The maximum atomic E-state index is 13.7. The maximum absolute atomic E-state index is 13.7. The van der Waals surface area contributed by atoms with E-state index in [4.69, 9.17) is 0 Å². The van der Waals surface area contributed by atoms with Crippen LogP contribution in [0, 0.1) is 12.7 Å². The van der Waals surface area contributed by atoms with Gasteiger partial charge in [-0.15, -0.1) is 0 Å². The van der Waals surface area contributed by atoms with Gasteiger partial charge in [-0.3, -0.25) is 4.79 Å². The van der Waals surface area contributed by atoms with Crippen LogP contribution in [0.25, 0.3) is 5.69 Å². The van der Waals surface area contributed by atoms with E-state index in [-0.39, 0.29) is 5.69 Å². The molecule has 0 aliphatic rings. The third-order valence-corrected chi connectivity index (χ3v) is 3.51. The first-order valence-electron chi connectivity index (χ1n) is 7.60. The number of hydrogen-bond acceptors (Lipinski definition) is 3. The largest absolute Gasteiger partial charge is 0.432 e. The van der Waals surface area contributed by atoms with E-state index in [0.29, 0.717) is 5.56 Å². The molecule has 1 heterocycles. The molecule has 1 N–H and O–H groups in total. The molecule has 1 aromatic heterocycles. The van der Waals surface area contributed by atoms with Crippen LogP contribution < -0.4 is 10.1 Å². The summed E-state index contributed by atoms with van der Waals surface area (Å²) in [6.45, 7) is -1.20. The van der Waals surface area contributed by atoms with Gasteiger partial charge < -0.3 is 10.1 Å². The molecular formula is C18H14F3N3O2. The standard InChI is InChI=1S/C18H14F3N3O2/c1-11-9-22-24(10-11)14-5-2-12(3-6-14)17(25)23-13-4-7-16(15(19)8-13)26-18(20)21/h2-10,18H,1H3,(H,23,25). The summed E-state index contributed by atoms with van der Waals surface area (Å²) in [6.07, 6.45) is 3.57. The number of nitrogens with zero attached hydrogens (tertiary/aromatic N) is 2. The number of carbonyl (C=O) groups is 1. The number of aryl methyl sites for hydroxylation is 1. The lowest BCUT2D eigenvalue weighted by Crippen LogP contribution is -2.12. The van der Waals surface area contributed by atoms with Crippen LogP contribution in [0.2, 0.25) is 0 Å². The summed E-state index contributed by atoms with van der Waals surface area (Å²) in [5.41, 5.74) is 2.27. The maximum Gasteiger partial charge on any atom is 0.387 e. The quantitative estimate of drug-likeness (QED) is 0.742. The minimum atomic E-state index is -3.12. The molecule has 0 unspecified atom stereocenters. The number of hydrogen-bond donors (Lipinski definition) is 1. The average Bonchev–Trinajstić information content (AvgIpc) is 3.03. The molecule has 0 bridgehead atoms. The fourth-order valence-corrected chi connectivity index (χ4v) is 2.29. The molecule has 0 saturated heterocycles. The minimum absolute atomic E-state index is 0.126. The molecule has 0 radical (unpaired) electrons. The molecule has 0 saturated carbocycles. The van der Waals surface area contributed by atoms with Crippen molar-refractivity contribution < 1.29 is 22.7 Å². The topological polar surface area (TPSA) is 56.2 Å². The van der Waals surface area contributed by atoms with Crippen molar-refractivity contribution in [2.45, 2.75) is 13.5 Å². The summed E-state index contributed by atoms with van der Waals surface area (Å²) in [5.74, 6) is -2.04. The highest BCUT2D eigenvalue weighted by Gasteiger charge is 2.12. The number of anilines is 1. The van der Waals surface area contributed by atoms with Crippen molar-refractivity contribution in [2.24, 2.45) is 0 Å². The molecule has 0 aliphatic carbocycles. The molecule has 26 heavy (non-hydrogen) atoms. The van der Waals surface area contributed by atoms with Gasteiger partial charge >= 0.3 is 6.61 Å². The van der Waals surface area contributed by atoms with Gasteiger partial charge in [-0.1, -0.05) is 0 Å². The van der Waals surface area contributed by atoms with E-state index in [9.17, 15) is 18.0 Å². The van der Waals surface area contributed by atoms with Crippen molar-refractivity contribution in [3.8, 4) is 11.4 Å². The summed E-state index contributed by atoms with van der Waals surface area (Å²) >= 11 is 0. The Labute approximate surface area is 147 Å². The second kappa shape index (κ2) is 7.30. The fraction of sp³-hybridized carbons (Fsp3) is 0.111. The second-order valence-electron chi connectivity index (χ2n) is 5.49. The number of ether oxygens (including phenoxy) is 1. The van der Waals surface area contributed by atoms with Crippen LogP contribution in [-0.4, -0.2) is 22.3 Å². The number of rotatable bonds is 5. The lowest BCUT2D eigenvalue weighted by molar-refractivity contribution is -0.0521. The van der Waals surface area contributed by atoms with Gasteiger partial charge in [0.25, 0.3) is 5.91 Å². The Morgan fingerprint density at radius 1 is 1.19 bits per heavy atom. The van der Waals surface area contributed by atoms with Gasteiger partial charge in [-0.25, -0.2) is 9.07 Å². The van der Waals surface area contributed by atoms with Crippen LogP contribution in [0.5, 0.6) is 5.75 Å². The zero-order chi connectivity index (χ0) is 18.7. The van der Waals surface area contributed by atoms with E-state index in [1.54, 1.807) is 35.1 Å². The Morgan fingerprint density at radius 3 is 2.50 bits per heavy atom. The Balaban J connectivity index is 1.71. The van der Waals surface area contributed by atoms with Crippen molar-refractivity contribution in [3.63, 3.8) is 0 Å². The first-order chi connectivity index (χ1) is 12.4. The van der Waals surface area contributed by atoms with E-state index < -0.39 is 24.1 Å². The van der Waals surface area contributed by atoms with Crippen LogP contribution >= 0.6 is 0 Å². The van der Waals surface area contributed by atoms with Crippen molar-refractivity contribution >= 4 is 11.6 Å². The monoisotopic (exact) mass is 361 g/mol. The molecule has 134 valence electrons. The predicted molar refractivity (Wildman–Crippen MR) is 89.3 cm³/mol. The van der Waals surface area contributed by atoms with E-state index in [0.717, 1.165) is 23.4 Å². The van der Waals surface area contributed by atoms with E-state index >= 15 is 0 Å². The predicted octanol–water partition coefficient (Wildman–Crippen LogP) is 4.17. The van der Waals surface area contributed by atoms with Crippen molar-refractivity contribution in [2.75, 3.05) is 5.32 Å². The Morgan fingerprint density at radius 2 is 1.92 bits per heavy atom. The van der Waals surface area contributed by atoms with Crippen molar-refractivity contribution in [3.05, 3.63) is 71.8 Å². The zero-order valence-electron chi connectivity index (χ0n) is 13.6. The van der Waals surface area contributed by atoms with Gasteiger partial charge in [-0.2, -0.15) is 13.9 Å². The summed E-state index contributed by atoms with van der Waals surface area (Å²) in [5, 5.41) is 6.67. The number of carbonyl (C=O) groups excluding carboxylic acids is 1. The summed E-state index contributed by atoms with van der Waals surface area (Å²) < 4.78 is 43.6. The first kappa shape index (κ1) is 17.5. The first-order valence-corrected chi connectivity index (χ1v) is 7.60. The number of amides is 1. The highest BCUT2D eigenvalue weighted by molar-refractivity contribution is 6.04. The number of alkyl halides is 2. The summed E-state index contributed by atoms with van der Waals surface area (Å²) in [4.78, 5) is 12.2. The third-order valence-electron chi connectivity index (χ3n) is 3.51. The van der Waals surface area contributed by atoms with Crippen LogP contribution in [0.15, 0.2) is 54.9 Å². The molecule has 8 heteroatoms. The zero-order valence-corrected chi connectivity index (χ0v) is 13.6. The molecule has 2 aromatic carbocycles. The summed E-state index contributed by atoms with van der Waals surface area (Å²) in [6, 6.07) is 9.87. The van der Waals surface area contributed by atoms with Gasteiger partial charge in [0.15, 0.2) is 11.6 Å². The molecular weight excluding hydrogens is 347 g/mol. The van der Waals surface area contributed by atoms with E-state index in [1.807, 2.05) is 13.1 Å². The third kappa shape index (κ3) is 4.02. The molecule has 3 aromatic rings. The van der Waals surface area contributed by atoms with Crippen LogP contribution in [0.1, 0.15) is 15.9 Å². The van der Waals surface area contributed by atoms with Crippen molar-refractivity contribution in [1.29, 1.82) is 0 Å². The lowest BCUT2D eigenvalue weighted by atomic mass is 10.2. The normalized spacial score (nSPS) is 10.8. The van der Waals surface area contributed by atoms with Gasteiger partial charge in [-0.05, 0) is 48.9 Å². The number of nitrogens with one attached hydrogen (secondary N) is 1. The Kier molecular flexibility index (Phi) is 4.92. The molecule has 3 rings (SSSR count). The fourth-order valence-electron chi connectivity index (χ4n) is 2.29. The van der Waals surface area contributed by atoms with Crippen LogP contribution in [0.3, 0.4) is 0 Å². The number of aromatic nitrogens is 2. The lowest BCUT2D eigenvalue weighted by Gasteiger charge is -2.09. The van der Waals surface area contributed by atoms with E-state index in [1.165, 1.54) is 6.07 Å². The SMILES string of the molecule is Cc1cnn(-c2ccc(C(=O)Nc3ccc(OC(F)F)c(F)c3)cc2)c1. The van der Waals surface area contributed by atoms with Crippen LogP contribution in [-0.2, 0) is 0 Å². The molecule has 5 nitrogen and oxygen atoms in total. The molecule has 0 atom stereocenters. The van der Waals surface area contributed by atoms with Gasteiger partial charge in [0.2, 0.25) is 0 Å². The smallest absolute Gasteiger partial charge is 0.387 e. The van der Waals surface area contributed by atoms with Gasteiger partial charge in [0.05, 0.1) is 11.9 Å². The Bertz CT molecular complexity index is 924. The highest BCUT2D eigenvalue weighted by Crippen LogP contribution is 2.23. The second-order valence-corrected chi connectivity index (χ2v) is 5.49. The minimum Gasteiger partial charge on any atom is -0.432 e. The van der Waals surface area contributed by atoms with E-state index in [2.05, 4.69) is 15.2 Å².